The van der Waals surface area contributed by atoms with Gasteiger partial charge >= 0.3 is 0 Å². The van der Waals surface area contributed by atoms with Crippen LogP contribution in [-0.2, 0) is 6.54 Å². The van der Waals surface area contributed by atoms with Gasteiger partial charge in [-0.15, -0.1) is 0 Å². The fourth-order valence-electron chi connectivity index (χ4n) is 2.15. The molecule has 0 bridgehead atoms. The van der Waals surface area contributed by atoms with Crippen molar-refractivity contribution in [2.45, 2.75) is 6.54 Å². The second-order valence-electron chi connectivity index (χ2n) is 5.32. The molecule has 26 heavy (non-hydrogen) atoms. The number of nitrogens with zero attached hydrogens (tertiary/aromatic N) is 3. The summed E-state index contributed by atoms with van der Waals surface area (Å²) in [5.41, 5.74) is 1.56. The number of carbonyl (C=O) groups is 1. The quantitative estimate of drug-likeness (QED) is 0.537. The predicted octanol–water partition coefficient (Wildman–Crippen LogP) is 3.98. The van der Waals surface area contributed by atoms with Gasteiger partial charge in [0, 0.05) is 22.4 Å². The minimum atomic E-state index is -0.284. The van der Waals surface area contributed by atoms with E-state index in [0.717, 1.165) is 14.5 Å². The minimum Gasteiger partial charge on any atom is -0.317 e. The zero-order valence-electron chi connectivity index (χ0n) is 13.3. The van der Waals surface area contributed by atoms with Crippen LogP contribution < -0.4 is 10.6 Å². The van der Waals surface area contributed by atoms with Crippen LogP contribution in [0.2, 0.25) is 0 Å². The van der Waals surface area contributed by atoms with Gasteiger partial charge in [0.05, 0.1) is 17.2 Å². The van der Waals surface area contributed by atoms with E-state index in [1.807, 2.05) is 29.1 Å². The Kier molecular flexibility index (Phi) is 6.12. The molecule has 3 aromatic rings. The van der Waals surface area contributed by atoms with Crippen molar-refractivity contribution in [1.82, 2.24) is 20.1 Å². The van der Waals surface area contributed by atoms with Crippen molar-refractivity contribution in [3.05, 3.63) is 75.1 Å². The van der Waals surface area contributed by atoms with Crippen LogP contribution in [0.5, 0.6) is 0 Å². The van der Waals surface area contributed by atoms with Gasteiger partial charge in [0.25, 0.3) is 5.91 Å². The Morgan fingerprint density at radius 3 is 2.46 bits per heavy atom. The lowest BCUT2D eigenvalue weighted by molar-refractivity contribution is 0.0977. The van der Waals surface area contributed by atoms with E-state index in [1.165, 1.54) is 0 Å². The molecule has 2 aromatic heterocycles. The molecule has 9 heteroatoms. The molecule has 0 radical (unpaired) electrons. The molecule has 0 spiro atoms. The lowest BCUT2D eigenvalue weighted by Crippen LogP contribution is -2.34. The second kappa shape index (κ2) is 8.52. The molecule has 6 nitrogen and oxygen atoms in total. The molecule has 0 saturated heterocycles. The van der Waals surface area contributed by atoms with Crippen LogP contribution in [0.4, 0.5) is 5.82 Å². The van der Waals surface area contributed by atoms with Crippen LogP contribution >= 0.6 is 44.1 Å². The molecule has 2 heterocycles. The molecule has 0 aliphatic carbocycles. The first-order valence-electron chi connectivity index (χ1n) is 7.50. The van der Waals surface area contributed by atoms with Crippen LogP contribution in [0, 0.1) is 0 Å². The first-order valence-corrected chi connectivity index (χ1v) is 9.50. The number of benzene rings is 1. The van der Waals surface area contributed by atoms with E-state index < -0.39 is 0 Å². The Morgan fingerprint density at radius 1 is 1.08 bits per heavy atom. The van der Waals surface area contributed by atoms with E-state index in [-0.39, 0.29) is 11.0 Å². The summed E-state index contributed by atoms with van der Waals surface area (Å²) in [6, 6.07) is 10.9. The van der Waals surface area contributed by atoms with Crippen LogP contribution in [0.25, 0.3) is 0 Å². The third-order valence-corrected chi connectivity index (χ3v) is 4.44. The van der Waals surface area contributed by atoms with E-state index in [4.69, 9.17) is 12.2 Å². The first-order chi connectivity index (χ1) is 12.5. The van der Waals surface area contributed by atoms with Crippen LogP contribution in [0.1, 0.15) is 15.9 Å². The average molecular weight is 495 g/mol. The number of carbonyl (C=O) groups excluding carboxylic acids is 1. The van der Waals surface area contributed by atoms with Crippen molar-refractivity contribution in [3.8, 4) is 0 Å². The molecular weight excluding hydrogens is 482 g/mol. The standard InChI is InChI=1S/C17H13Br2N5OS/c18-13-5-6-15(20-7-13)22-17(26)23-16(25)12-3-1-11(2-4-12)9-24-10-14(19)8-21-24/h1-8,10H,9H2,(H2,20,22,23,25,26). The summed E-state index contributed by atoms with van der Waals surface area (Å²) < 4.78 is 3.60. The number of amides is 1. The Morgan fingerprint density at radius 2 is 1.85 bits per heavy atom. The topological polar surface area (TPSA) is 71.8 Å². The van der Waals surface area contributed by atoms with Gasteiger partial charge in [0.1, 0.15) is 5.82 Å². The molecule has 0 aliphatic rings. The van der Waals surface area contributed by atoms with Gasteiger partial charge in [-0.05, 0) is 73.9 Å². The van der Waals surface area contributed by atoms with Gasteiger partial charge in [-0.2, -0.15) is 5.10 Å². The average Bonchev–Trinajstić information content (AvgIpc) is 3.02. The molecule has 1 aromatic carbocycles. The summed E-state index contributed by atoms with van der Waals surface area (Å²) in [5.74, 6) is 0.271. The van der Waals surface area contributed by atoms with E-state index >= 15 is 0 Å². The lowest BCUT2D eigenvalue weighted by atomic mass is 10.1. The Balaban J connectivity index is 1.57. The summed E-state index contributed by atoms with van der Waals surface area (Å²) in [7, 11) is 0. The fraction of sp³-hybridized carbons (Fsp3) is 0.0588. The third kappa shape index (κ3) is 5.20. The lowest BCUT2D eigenvalue weighted by Gasteiger charge is -2.09. The molecular formula is C17H13Br2N5OS. The zero-order valence-corrected chi connectivity index (χ0v) is 17.3. The normalized spacial score (nSPS) is 10.4. The Bertz CT molecular complexity index is 925. The van der Waals surface area contributed by atoms with Gasteiger partial charge in [0.2, 0.25) is 0 Å². The fourth-order valence-corrected chi connectivity index (χ4v) is 2.91. The maximum absolute atomic E-state index is 12.3. The SMILES string of the molecule is O=C(NC(=S)Nc1ccc(Br)cn1)c1ccc(Cn2cc(Br)cn2)cc1. The van der Waals surface area contributed by atoms with Gasteiger partial charge in [0.15, 0.2) is 5.11 Å². The molecule has 0 atom stereocenters. The van der Waals surface area contributed by atoms with E-state index in [0.29, 0.717) is 17.9 Å². The molecule has 0 unspecified atom stereocenters. The van der Waals surface area contributed by atoms with Gasteiger partial charge < -0.3 is 5.32 Å². The number of hydrogen-bond donors (Lipinski definition) is 2. The summed E-state index contributed by atoms with van der Waals surface area (Å²) in [5, 5.41) is 9.90. The van der Waals surface area contributed by atoms with Gasteiger partial charge in [-0.25, -0.2) is 4.98 Å². The van der Waals surface area contributed by atoms with Gasteiger partial charge in [-0.1, -0.05) is 12.1 Å². The highest BCUT2D eigenvalue weighted by Gasteiger charge is 2.09. The third-order valence-electron chi connectivity index (χ3n) is 3.36. The molecule has 0 aliphatic heterocycles. The molecule has 132 valence electrons. The Hall–Kier alpha value is -2.10. The minimum absolute atomic E-state index is 0.190. The number of hydrogen-bond acceptors (Lipinski definition) is 4. The predicted molar refractivity (Wildman–Crippen MR) is 111 cm³/mol. The first kappa shape index (κ1) is 18.7. The van der Waals surface area contributed by atoms with E-state index in [1.54, 1.807) is 30.6 Å². The van der Waals surface area contributed by atoms with Crippen LogP contribution in [0.15, 0.2) is 63.9 Å². The molecule has 3 rings (SSSR count). The molecule has 0 saturated carbocycles. The summed E-state index contributed by atoms with van der Waals surface area (Å²) in [4.78, 5) is 16.4. The number of pyridine rings is 1. The maximum Gasteiger partial charge on any atom is 0.257 e. The summed E-state index contributed by atoms with van der Waals surface area (Å²) >= 11 is 11.8. The molecule has 2 N–H and O–H groups in total. The smallest absolute Gasteiger partial charge is 0.257 e. The number of rotatable bonds is 4. The molecule has 0 fully saturated rings. The van der Waals surface area contributed by atoms with E-state index in [2.05, 4.69) is 52.6 Å². The highest BCUT2D eigenvalue weighted by molar-refractivity contribution is 9.10. The number of nitrogens with one attached hydrogen (secondary N) is 2. The second-order valence-corrected chi connectivity index (χ2v) is 7.56. The van der Waals surface area contributed by atoms with Crippen molar-refractivity contribution in [2.75, 3.05) is 5.32 Å². The molecule has 1 amide bonds. The van der Waals surface area contributed by atoms with Gasteiger partial charge in [-0.3, -0.25) is 14.8 Å². The number of halogens is 2. The highest BCUT2D eigenvalue weighted by Crippen LogP contribution is 2.11. The summed E-state index contributed by atoms with van der Waals surface area (Å²) in [6.45, 7) is 0.628. The van der Waals surface area contributed by atoms with Crippen molar-refractivity contribution in [1.29, 1.82) is 0 Å². The van der Waals surface area contributed by atoms with Crippen LogP contribution in [0.3, 0.4) is 0 Å². The largest absolute Gasteiger partial charge is 0.317 e. The number of thiocarbonyl (C=S) groups is 1. The number of anilines is 1. The van der Waals surface area contributed by atoms with Crippen molar-refractivity contribution in [3.63, 3.8) is 0 Å². The van der Waals surface area contributed by atoms with Crippen LogP contribution in [-0.4, -0.2) is 25.8 Å². The number of aromatic nitrogens is 3. The Labute approximate surface area is 172 Å². The van der Waals surface area contributed by atoms with Crippen molar-refractivity contribution < 1.29 is 4.79 Å². The maximum atomic E-state index is 12.3. The summed E-state index contributed by atoms with van der Waals surface area (Å²) in [6.07, 6.45) is 5.26. The van der Waals surface area contributed by atoms with Crippen molar-refractivity contribution >= 4 is 60.9 Å². The van der Waals surface area contributed by atoms with E-state index in [9.17, 15) is 4.79 Å². The highest BCUT2D eigenvalue weighted by atomic mass is 79.9. The zero-order chi connectivity index (χ0) is 18.5. The van der Waals surface area contributed by atoms with Crippen molar-refractivity contribution in [2.24, 2.45) is 0 Å². The monoisotopic (exact) mass is 493 g/mol.